The predicted molar refractivity (Wildman–Crippen MR) is 105 cm³/mol. The Morgan fingerprint density at radius 3 is 2.41 bits per heavy atom. The van der Waals surface area contributed by atoms with E-state index in [1.807, 2.05) is 42.5 Å². The van der Waals surface area contributed by atoms with Gasteiger partial charge in [0.15, 0.2) is 11.2 Å². The van der Waals surface area contributed by atoms with Crippen LogP contribution in [0, 0.1) is 22.7 Å². The Balaban J connectivity index is 1.76. The lowest BCUT2D eigenvalue weighted by molar-refractivity contribution is -0.107. The summed E-state index contributed by atoms with van der Waals surface area (Å²) in [6, 6.07) is 23.1. The fourth-order valence-corrected chi connectivity index (χ4v) is 4.93. The number of fused-ring (bicyclic) bond motifs is 3. The van der Waals surface area contributed by atoms with E-state index in [1.165, 1.54) is 6.20 Å². The van der Waals surface area contributed by atoms with Gasteiger partial charge in [0.25, 0.3) is 0 Å². The SMILES string of the molecule is N#Cc1ccc([C@@]23Oc4cc(C#N)cnc4C2(O)CCC3c2ccccc2)cc1. The maximum Gasteiger partial charge on any atom is 0.175 e. The van der Waals surface area contributed by atoms with Gasteiger partial charge in [0, 0.05) is 18.2 Å². The van der Waals surface area contributed by atoms with Crippen LogP contribution in [0.1, 0.15) is 46.7 Å². The molecule has 29 heavy (non-hydrogen) atoms. The molecule has 0 radical (unpaired) electrons. The second-order valence-corrected chi connectivity index (χ2v) is 7.57. The number of hydrogen-bond acceptors (Lipinski definition) is 5. The molecule has 0 amide bonds. The second kappa shape index (κ2) is 6.17. The molecule has 5 heteroatoms. The molecule has 2 heterocycles. The van der Waals surface area contributed by atoms with Crippen molar-refractivity contribution in [2.75, 3.05) is 0 Å². The van der Waals surface area contributed by atoms with Gasteiger partial charge >= 0.3 is 0 Å². The molecular weight excluding hydrogens is 362 g/mol. The number of pyridine rings is 1. The molecule has 1 aliphatic heterocycles. The summed E-state index contributed by atoms with van der Waals surface area (Å²) in [6.07, 6.45) is 2.69. The van der Waals surface area contributed by atoms with Crippen molar-refractivity contribution in [2.45, 2.75) is 30.0 Å². The number of nitriles is 2. The average Bonchev–Trinajstić information content (AvgIpc) is 3.21. The molecule has 1 saturated carbocycles. The summed E-state index contributed by atoms with van der Waals surface area (Å²) in [5, 5.41) is 30.4. The molecule has 1 aromatic heterocycles. The monoisotopic (exact) mass is 379 g/mol. The van der Waals surface area contributed by atoms with E-state index in [-0.39, 0.29) is 5.92 Å². The van der Waals surface area contributed by atoms with Gasteiger partial charge in [-0.25, -0.2) is 0 Å². The first-order chi connectivity index (χ1) is 14.1. The number of rotatable bonds is 2. The van der Waals surface area contributed by atoms with Crippen LogP contribution in [0.2, 0.25) is 0 Å². The van der Waals surface area contributed by atoms with Crippen molar-refractivity contribution < 1.29 is 9.84 Å². The summed E-state index contributed by atoms with van der Waals surface area (Å²) >= 11 is 0. The molecule has 1 N–H and O–H groups in total. The summed E-state index contributed by atoms with van der Waals surface area (Å²) in [4.78, 5) is 4.43. The molecule has 140 valence electrons. The highest BCUT2D eigenvalue weighted by Gasteiger charge is 2.69. The van der Waals surface area contributed by atoms with Gasteiger partial charge in [-0.1, -0.05) is 42.5 Å². The zero-order valence-electron chi connectivity index (χ0n) is 15.5. The topological polar surface area (TPSA) is 89.9 Å². The van der Waals surface area contributed by atoms with Gasteiger partial charge in [-0.05, 0) is 36.1 Å². The van der Waals surface area contributed by atoms with Crippen molar-refractivity contribution in [1.29, 1.82) is 10.5 Å². The van der Waals surface area contributed by atoms with Gasteiger partial charge in [0.05, 0.1) is 17.2 Å². The highest BCUT2D eigenvalue weighted by molar-refractivity contribution is 5.53. The predicted octanol–water partition coefficient (Wildman–Crippen LogP) is 3.88. The molecule has 0 spiro atoms. The quantitative estimate of drug-likeness (QED) is 0.730. The van der Waals surface area contributed by atoms with Crippen molar-refractivity contribution in [1.82, 2.24) is 4.98 Å². The number of aromatic nitrogens is 1. The van der Waals surface area contributed by atoms with E-state index in [1.54, 1.807) is 18.2 Å². The van der Waals surface area contributed by atoms with Gasteiger partial charge < -0.3 is 9.84 Å². The minimum Gasteiger partial charge on any atom is -0.476 e. The molecule has 2 aliphatic rings. The normalized spacial score (nSPS) is 26.7. The summed E-state index contributed by atoms with van der Waals surface area (Å²) in [5.41, 5.74) is 0.862. The second-order valence-electron chi connectivity index (χ2n) is 7.57. The maximum atomic E-state index is 12.0. The van der Waals surface area contributed by atoms with Crippen molar-refractivity contribution in [3.05, 3.63) is 94.8 Å². The number of aliphatic hydroxyl groups is 1. The lowest BCUT2D eigenvalue weighted by Crippen LogP contribution is -2.48. The molecule has 3 aromatic rings. The third-order valence-electron chi connectivity index (χ3n) is 6.19. The smallest absolute Gasteiger partial charge is 0.175 e. The summed E-state index contributed by atoms with van der Waals surface area (Å²) < 4.78 is 6.54. The molecule has 1 aliphatic carbocycles. The van der Waals surface area contributed by atoms with Gasteiger partial charge in [0.1, 0.15) is 17.5 Å². The Morgan fingerprint density at radius 1 is 1.00 bits per heavy atom. The first-order valence-electron chi connectivity index (χ1n) is 9.50. The lowest BCUT2D eigenvalue weighted by atomic mass is 9.72. The van der Waals surface area contributed by atoms with E-state index >= 15 is 0 Å². The van der Waals surface area contributed by atoms with Crippen LogP contribution in [-0.4, -0.2) is 10.1 Å². The fraction of sp³-hybridized carbons (Fsp3) is 0.208. The Labute approximate surface area is 168 Å². The molecule has 2 unspecified atom stereocenters. The largest absolute Gasteiger partial charge is 0.476 e. The van der Waals surface area contributed by atoms with E-state index in [0.717, 1.165) is 17.5 Å². The van der Waals surface area contributed by atoms with Crippen LogP contribution in [0.15, 0.2) is 66.9 Å². The first kappa shape index (κ1) is 17.4. The van der Waals surface area contributed by atoms with Crippen LogP contribution >= 0.6 is 0 Å². The van der Waals surface area contributed by atoms with E-state index in [2.05, 4.69) is 17.1 Å². The molecule has 0 bridgehead atoms. The molecular formula is C24H17N3O2. The Hall–Kier alpha value is -3.67. The summed E-state index contributed by atoms with van der Waals surface area (Å²) in [7, 11) is 0. The minimum absolute atomic E-state index is 0.110. The van der Waals surface area contributed by atoms with Crippen LogP contribution in [-0.2, 0) is 11.2 Å². The number of benzene rings is 2. The van der Waals surface area contributed by atoms with Crippen LogP contribution in [0.25, 0.3) is 0 Å². The van der Waals surface area contributed by atoms with Gasteiger partial charge in [-0.2, -0.15) is 10.5 Å². The van der Waals surface area contributed by atoms with Crippen molar-refractivity contribution in [2.24, 2.45) is 0 Å². The van der Waals surface area contributed by atoms with Crippen LogP contribution in [0.4, 0.5) is 0 Å². The lowest BCUT2D eigenvalue weighted by Gasteiger charge is -2.39. The van der Waals surface area contributed by atoms with E-state index in [9.17, 15) is 15.6 Å². The molecule has 0 saturated heterocycles. The van der Waals surface area contributed by atoms with Crippen LogP contribution < -0.4 is 4.74 Å². The minimum atomic E-state index is -1.33. The maximum absolute atomic E-state index is 12.0. The van der Waals surface area contributed by atoms with Crippen LogP contribution in [0.3, 0.4) is 0 Å². The fourth-order valence-electron chi connectivity index (χ4n) is 4.93. The molecule has 5 rings (SSSR count). The Kier molecular flexibility index (Phi) is 3.71. The Morgan fingerprint density at radius 2 is 1.72 bits per heavy atom. The molecule has 1 fully saturated rings. The zero-order valence-corrected chi connectivity index (χ0v) is 15.5. The third-order valence-corrected chi connectivity index (χ3v) is 6.19. The molecule has 3 atom stereocenters. The first-order valence-corrected chi connectivity index (χ1v) is 9.50. The van der Waals surface area contributed by atoms with E-state index < -0.39 is 11.2 Å². The van der Waals surface area contributed by atoms with Gasteiger partial charge in [-0.15, -0.1) is 0 Å². The summed E-state index contributed by atoms with van der Waals surface area (Å²) in [5.74, 6) is 0.331. The highest BCUT2D eigenvalue weighted by atomic mass is 16.5. The van der Waals surface area contributed by atoms with Crippen molar-refractivity contribution >= 4 is 0 Å². The van der Waals surface area contributed by atoms with Gasteiger partial charge in [0.2, 0.25) is 0 Å². The van der Waals surface area contributed by atoms with E-state index in [4.69, 9.17) is 4.74 Å². The zero-order chi connectivity index (χ0) is 20.1. The van der Waals surface area contributed by atoms with Gasteiger partial charge in [-0.3, -0.25) is 4.98 Å². The van der Waals surface area contributed by atoms with Crippen molar-refractivity contribution in [3.63, 3.8) is 0 Å². The summed E-state index contributed by atoms with van der Waals surface area (Å²) in [6.45, 7) is 0. The number of hydrogen-bond donors (Lipinski definition) is 1. The highest BCUT2D eigenvalue weighted by Crippen LogP contribution is 2.66. The molecule has 5 nitrogen and oxygen atoms in total. The van der Waals surface area contributed by atoms with E-state index in [0.29, 0.717) is 29.0 Å². The van der Waals surface area contributed by atoms with Crippen molar-refractivity contribution in [3.8, 4) is 17.9 Å². The Bertz CT molecular complexity index is 1180. The average molecular weight is 379 g/mol. The van der Waals surface area contributed by atoms with Crippen LogP contribution in [0.5, 0.6) is 5.75 Å². The molecule has 2 aromatic carbocycles. The number of ether oxygens (including phenoxy) is 1. The standard InChI is InChI=1S/C24H17N3O2/c25-13-16-6-8-19(9-7-16)24-20(18-4-2-1-3-5-18)10-11-23(24,28)22-21(29-24)12-17(14-26)15-27-22/h1-9,12,15,20,28H,10-11H2/t20?,23?,24-/m0/s1. The number of nitrogens with zero attached hydrogens (tertiary/aromatic N) is 3. The third kappa shape index (κ3) is 2.26.